The molecule has 0 saturated heterocycles. The maximum Gasteiger partial charge on any atom is 0.338 e. The van der Waals surface area contributed by atoms with Crippen molar-refractivity contribution in [1.82, 2.24) is 0 Å². The summed E-state index contributed by atoms with van der Waals surface area (Å²) in [6, 6.07) is 7.81. The fourth-order valence-corrected chi connectivity index (χ4v) is 1.46. The maximum atomic E-state index is 11.2. The second kappa shape index (κ2) is 3.05. The van der Waals surface area contributed by atoms with E-state index in [0.29, 0.717) is 12.2 Å². The summed E-state index contributed by atoms with van der Waals surface area (Å²) in [5, 5.41) is 0. The number of ether oxygens (including phenoxy) is 1. The first-order chi connectivity index (χ1) is 6.29. The molecule has 1 aliphatic heterocycles. The number of carbonyl (C=O) groups is 1. The van der Waals surface area contributed by atoms with Crippen LogP contribution in [-0.2, 0) is 9.53 Å². The molecule has 0 amide bonds. The lowest BCUT2D eigenvalue weighted by Crippen LogP contribution is -1.99. The first kappa shape index (κ1) is 8.05. The Morgan fingerprint density at radius 3 is 2.69 bits per heavy atom. The van der Waals surface area contributed by atoms with Crippen molar-refractivity contribution in [3.63, 3.8) is 0 Å². The Bertz CT molecular complexity index is 377. The van der Waals surface area contributed by atoms with Gasteiger partial charge in [0.2, 0.25) is 0 Å². The number of rotatable bonds is 1. The molecule has 1 aromatic rings. The molecule has 0 atom stereocenters. The number of hydrogen-bond acceptors (Lipinski definition) is 2. The summed E-state index contributed by atoms with van der Waals surface area (Å²) in [5.41, 5.74) is 2.77. The Hall–Kier alpha value is -1.57. The van der Waals surface area contributed by atoms with Crippen molar-refractivity contribution in [2.75, 3.05) is 6.61 Å². The number of benzene rings is 1. The number of cyclic esters (lactones) is 1. The molecule has 0 radical (unpaired) electrons. The Morgan fingerprint density at radius 1 is 1.31 bits per heavy atom. The zero-order valence-electron chi connectivity index (χ0n) is 7.41. The molecule has 0 N–H and O–H groups in total. The summed E-state index contributed by atoms with van der Waals surface area (Å²) in [4.78, 5) is 11.2. The van der Waals surface area contributed by atoms with Gasteiger partial charge in [0.25, 0.3) is 0 Å². The van der Waals surface area contributed by atoms with E-state index in [-0.39, 0.29) is 5.97 Å². The van der Waals surface area contributed by atoms with E-state index in [2.05, 4.69) is 0 Å². The van der Waals surface area contributed by atoms with Crippen LogP contribution in [-0.4, -0.2) is 12.6 Å². The Labute approximate surface area is 76.8 Å². The van der Waals surface area contributed by atoms with Crippen LogP contribution in [0.25, 0.3) is 5.57 Å². The van der Waals surface area contributed by atoms with Gasteiger partial charge in [0.15, 0.2) is 0 Å². The average molecular weight is 174 g/mol. The highest BCUT2D eigenvalue weighted by Crippen LogP contribution is 2.22. The van der Waals surface area contributed by atoms with Crippen molar-refractivity contribution >= 4 is 11.5 Å². The van der Waals surface area contributed by atoms with Crippen LogP contribution >= 0.6 is 0 Å². The van der Waals surface area contributed by atoms with Gasteiger partial charge in [0.1, 0.15) is 6.61 Å². The third kappa shape index (κ3) is 1.35. The topological polar surface area (TPSA) is 26.3 Å². The van der Waals surface area contributed by atoms with Crippen LogP contribution in [0.5, 0.6) is 0 Å². The highest BCUT2D eigenvalue weighted by atomic mass is 16.5. The predicted molar refractivity (Wildman–Crippen MR) is 50.1 cm³/mol. The predicted octanol–water partition coefficient (Wildman–Crippen LogP) is 1.94. The second-order valence-corrected chi connectivity index (χ2v) is 3.03. The molecular weight excluding hydrogens is 164 g/mol. The Balaban J connectivity index is 2.46. The summed E-state index contributed by atoms with van der Waals surface area (Å²) < 4.78 is 4.84. The highest BCUT2D eigenvalue weighted by Gasteiger charge is 2.19. The number of hydrogen-bond donors (Lipinski definition) is 0. The van der Waals surface area contributed by atoms with Crippen molar-refractivity contribution in [2.24, 2.45) is 0 Å². The van der Waals surface area contributed by atoms with E-state index in [4.69, 9.17) is 4.74 Å². The fraction of sp³-hybridized carbons (Fsp3) is 0.182. The molecule has 2 heteroatoms. The molecule has 0 unspecified atom stereocenters. The molecule has 2 rings (SSSR count). The van der Waals surface area contributed by atoms with Gasteiger partial charge in [-0.1, -0.05) is 24.3 Å². The van der Waals surface area contributed by atoms with Crippen molar-refractivity contribution in [3.05, 3.63) is 41.5 Å². The highest BCUT2D eigenvalue weighted by molar-refractivity contribution is 6.18. The fourth-order valence-electron chi connectivity index (χ4n) is 1.46. The standard InChI is InChI=1S/C11H10O2/c1-8-4-2-3-5-9(8)10-6-7-13-11(10)12/h2-6H,7H2,1H3. The molecule has 0 aromatic heterocycles. The zero-order chi connectivity index (χ0) is 9.26. The molecule has 0 bridgehead atoms. The first-order valence-electron chi connectivity index (χ1n) is 4.22. The van der Waals surface area contributed by atoms with E-state index in [1.165, 1.54) is 0 Å². The number of aryl methyl sites for hydroxylation is 1. The van der Waals surface area contributed by atoms with E-state index in [1.54, 1.807) is 0 Å². The van der Waals surface area contributed by atoms with Crippen molar-refractivity contribution in [3.8, 4) is 0 Å². The van der Waals surface area contributed by atoms with Crippen molar-refractivity contribution < 1.29 is 9.53 Å². The van der Waals surface area contributed by atoms with Crippen LogP contribution in [0.1, 0.15) is 11.1 Å². The van der Waals surface area contributed by atoms with Gasteiger partial charge >= 0.3 is 5.97 Å². The summed E-state index contributed by atoms with van der Waals surface area (Å²) in [6.07, 6.45) is 1.82. The molecule has 1 aromatic carbocycles. The molecule has 0 spiro atoms. The Morgan fingerprint density at radius 2 is 2.08 bits per heavy atom. The summed E-state index contributed by atoms with van der Waals surface area (Å²) in [6.45, 7) is 2.39. The van der Waals surface area contributed by atoms with E-state index >= 15 is 0 Å². The lowest BCUT2D eigenvalue weighted by Gasteiger charge is -2.03. The minimum Gasteiger partial charge on any atom is -0.458 e. The number of carbonyl (C=O) groups excluding carboxylic acids is 1. The van der Waals surface area contributed by atoms with Crippen molar-refractivity contribution in [1.29, 1.82) is 0 Å². The van der Waals surface area contributed by atoms with Gasteiger partial charge in [-0.3, -0.25) is 0 Å². The number of esters is 1. The van der Waals surface area contributed by atoms with Crippen LogP contribution in [0.4, 0.5) is 0 Å². The summed E-state index contributed by atoms with van der Waals surface area (Å²) in [5.74, 6) is -0.214. The normalized spacial score (nSPS) is 15.5. The largest absolute Gasteiger partial charge is 0.458 e. The van der Waals surface area contributed by atoms with Gasteiger partial charge in [-0.25, -0.2) is 4.79 Å². The lowest BCUT2D eigenvalue weighted by atomic mass is 10.0. The minimum absolute atomic E-state index is 0.214. The van der Waals surface area contributed by atoms with Gasteiger partial charge in [-0.15, -0.1) is 0 Å². The van der Waals surface area contributed by atoms with Crippen molar-refractivity contribution in [2.45, 2.75) is 6.92 Å². The van der Waals surface area contributed by atoms with Crippen LogP contribution in [0, 0.1) is 6.92 Å². The smallest absolute Gasteiger partial charge is 0.338 e. The maximum absolute atomic E-state index is 11.2. The van der Waals surface area contributed by atoms with Crippen LogP contribution in [0.3, 0.4) is 0 Å². The molecular formula is C11H10O2. The molecule has 0 fully saturated rings. The zero-order valence-corrected chi connectivity index (χ0v) is 7.41. The van der Waals surface area contributed by atoms with Gasteiger partial charge in [0, 0.05) is 0 Å². The Kier molecular flexibility index (Phi) is 1.89. The summed E-state index contributed by atoms with van der Waals surface area (Å²) >= 11 is 0. The molecule has 0 aliphatic carbocycles. The average Bonchev–Trinajstić information content (AvgIpc) is 2.52. The van der Waals surface area contributed by atoms with Crippen LogP contribution < -0.4 is 0 Å². The third-order valence-electron chi connectivity index (χ3n) is 2.16. The van der Waals surface area contributed by atoms with E-state index in [9.17, 15) is 4.79 Å². The molecule has 66 valence electrons. The first-order valence-corrected chi connectivity index (χ1v) is 4.22. The van der Waals surface area contributed by atoms with Gasteiger partial charge < -0.3 is 4.74 Å². The second-order valence-electron chi connectivity index (χ2n) is 3.03. The SMILES string of the molecule is Cc1ccccc1C1=CCOC1=O. The molecule has 2 nitrogen and oxygen atoms in total. The van der Waals surface area contributed by atoms with Gasteiger partial charge in [-0.2, -0.15) is 0 Å². The summed E-state index contributed by atoms with van der Waals surface area (Å²) in [7, 11) is 0. The van der Waals surface area contributed by atoms with E-state index in [1.807, 2.05) is 37.3 Å². The molecule has 13 heavy (non-hydrogen) atoms. The molecule has 1 aliphatic rings. The van der Waals surface area contributed by atoms with Gasteiger partial charge in [0.05, 0.1) is 5.57 Å². The van der Waals surface area contributed by atoms with E-state index < -0.39 is 0 Å². The monoisotopic (exact) mass is 174 g/mol. The van der Waals surface area contributed by atoms with Crippen LogP contribution in [0.15, 0.2) is 30.3 Å². The molecule has 0 saturated carbocycles. The van der Waals surface area contributed by atoms with E-state index in [0.717, 1.165) is 11.1 Å². The minimum atomic E-state index is -0.214. The molecule has 1 heterocycles. The van der Waals surface area contributed by atoms with Gasteiger partial charge in [-0.05, 0) is 24.1 Å². The van der Waals surface area contributed by atoms with Crippen LogP contribution in [0.2, 0.25) is 0 Å². The third-order valence-corrected chi connectivity index (χ3v) is 2.16. The lowest BCUT2D eigenvalue weighted by molar-refractivity contribution is -0.133. The quantitative estimate of drug-likeness (QED) is 0.608.